The van der Waals surface area contributed by atoms with E-state index >= 15 is 0 Å². The van der Waals surface area contributed by atoms with Gasteiger partial charge in [0.2, 0.25) is 0 Å². The van der Waals surface area contributed by atoms with Gasteiger partial charge in [-0.05, 0) is 51.8 Å². The SMILES string of the molecule is C[C@H]1CNCCN1c1nc2c(C(=O)NC3CC4CCCC(C3)N4C)cccc2o1.Cl. The number of nitrogens with zero attached hydrogens (tertiary/aromatic N) is 3. The van der Waals surface area contributed by atoms with Crippen LogP contribution in [0, 0.1) is 0 Å². The van der Waals surface area contributed by atoms with Crippen LogP contribution in [0.3, 0.4) is 0 Å². The first kappa shape index (κ1) is 21.4. The molecule has 0 aliphatic carbocycles. The maximum absolute atomic E-state index is 13.1. The van der Waals surface area contributed by atoms with Crippen LogP contribution in [0.4, 0.5) is 6.01 Å². The first-order valence-corrected chi connectivity index (χ1v) is 11.0. The molecule has 3 saturated heterocycles. The highest BCUT2D eigenvalue weighted by molar-refractivity contribution is 6.04. The number of nitrogens with one attached hydrogen (secondary N) is 2. The van der Waals surface area contributed by atoms with Crippen molar-refractivity contribution in [3.63, 3.8) is 0 Å². The Bertz CT molecular complexity index is 889. The molecule has 5 rings (SSSR count). The third-order valence-corrected chi connectivity index (χ3v) is 7.07. The zero-order chi connectivity index (χ0) is 20.0. The van der Waals surface area contributed by atoms with Gasteiger partial charge in [0.1, 0.15) is 5.52 Å². The largest absolute Gasteiger partial charge is 0.423 e. The van der Waals surface area contributed by atoms with E-state index in [1.807, 2.05) is 18.2 Å². The van der Waals surface area contributed by atoms with Crippen LogP contribution in [-0.2, 0) is 0 Å². The average Bonchev–Trinajstić information content (AvgIpc) is 3.13. The highest BCUT2D eigenvalue weighted by atomic mass is 35.5. The number of rotatable bonds is 3. The third kappa shape index (κ3) is 3.90. The molecule has 1 aromatic heterocycles. The van der Waals surface area contributed by atoms with Crippen LogP contribution >= 0.6 is 12.4 Å². The van der Waals surface area contributed by atoms with Crippen molar-refractivity contribution in [1.29, 1.82) is 0 Å². The van der Waals surface area contributed by atoms with E-state index in [1.165, 1.54) is 19.3 Å². The summed E-state index contributed by atoms with van der Waals surface area (Å²) in [5.41, 5.74) is 1.96. The van der Waals surface area contributed by atoms with E-state index in [-0.39, 0.29) is 24.4 Å². The second-order valence-electron chi connectivity index (χ2n) is 8.94. The van der Waals surface area contributed by atoms with Gasteiger partial charge in [0.05, 0.1) is 5.56 Å². The summed E-state index contributed by atoms with van der Waals surface area (Å²) in [6.45, 7) is 4.83. The molecule has 0 saturated carbocycles. The summed E-state index contributed by atoms with van der Waals surface area (Å²) in [5.74, 6) is -0.0311. The molecule has 3 atom stereocenters. The Kier molecular flexibility index (Phi) is 6.23. The van der Waals surface area contributed by atoms with Crippen molar-refractivity contribution in [1.82, 2.24) is 20.5 Å². The lowest BCUT2D eigenvalue weighted by Gasteiger charge is -2.47. The molecule has 2 N–H and O–H groups in total. The van der Waals surface area contributed by atoms with Crippen molar-refractivity contribution in [3.8, 4) is 0 Å². The van der Waals surface area contributed by atoms with Gasteiger partial charge < -0.3 is 24.9 Å². The van der Waals surface area contributed by atoms with Gasteiger partial charge in [-0.3, -0.25) is 4.79 Å². The zero-order valence-electron chi connectivity index (χ0n) is 17.8. The molecule has 2 bridgehead atoms. The minimum atomic E-state index is -0.0311. The van der Waals surface area contributed by atoms with Crippen LogP contribution < -0.4 is 15.5 Å². The molecule has 3 fully saturated rings. The zero-order valence-corrected chi connectivity index (χ0v) is 18.6. The number of piperidine rings is 2. The first-order valence-electron chi connectivity index (χ1n) is 11.0. The lowest BCUT2D eigenvalue weighted by molar-refractivity contribution is 0.0463. The fourth-order valence-corrected chi connectivity index (χ4v) is 5.36. The number of para-hydroxylation sites is 1. The van der Waals surface area contributed by atoms with E-state index in [1.54, 1.807) is 0 Å². The predicted octanol–water partition coefficient (Wildman–Crippen LogP) is 2.79. The second kappa shape index (κ2) is 8.73. The number of amides is 1. The Morgan fingerprint density at radius 1 is 1.27 bits per heavy atom. The maximum Gasteiger partial charge on any atom is 0.298 e. The molecule has 164 valence electrons. The highest BCUT2D eigenvalue weighted by Crippen LogP contribution is 2.33. The molecule has 3 aliphatic rings. The van der Waals surface area contributed by atoms with Gasteiger partial charge in [-0.15, -0.1) is 12.4 Å². The van der Waals surface area contributed by atoms with Crippen molar-refractivity contribution in [2.24, 2.45) is 0 Å². The molecule has 1 aromatic carbocycles. The Morgan fingerprint density at radius 3 is 2.77 bits per heavy atom. The van der Waals surface area contributed by atoms with Crippen molar-refractivity contribution in [3.05, 3.63) is 23.8 Å². The van der Waals surface area contributed by atoms with Crippen LogP contribution in [-0.4, -0.2) is 66.6 Å². The van der Waals surface area contributed by atoms with Crippen LogP contribution in [0.15, 0.2) is 22.6 Å². The normalized spacial score (nSPS) is 29.5. The number of piperazine rings is 1. The molecule has 2 unspecified atom stereocenters. The van der Waals surface area contributed by atoms with Gasteiger partial charge in [0, 0.05) is 43.8 Å². The van der Waals surface area contributed by atoms with E-state index < -0.39 is 0 Å². The number of fused-ring (bicyclic) bond motifs is 3. The smallest absolute Gasteiger partial charge is 0.298 e. The molecule has 8 heteroatoms. The van der Waals surface area contributed by atoms with Crippen molar-refractivity contribution < 1.29 is 9.21 Å². The van der Waals surface area contributed by atoms with Gasteiger partial charge >= 0.3 is 0 Å². The minimum absolute atomic E-state index is 0. The molecule has 30 heavy (non-hydrogen) atoms. The van der Waals surface area contributed by atoms with E-state index in [0.717, 1.165) is 32.5 Å². The molecule has 0 spiro atoms. The van der Waals surface area contributed by atoms with Gasteiger partial charge in [0.15, 0.2) is 5.58 Å². The van der Waals surface area contributed by atoms with Crippen molar-refractivity contribution >= 4 is 35.4 Å². The van der Waals surface area contributed by atoms with Gasteiger partial charge in [-0.2, -0.15) is 4.98 Å². The Labute approximate surface area is 184 Å². The third-order valence-electron chi connectivity index (χ3n) is 7.07. The highest BCUT2D eigenvalue weighted by Gasteiger charge is 2.36. The Hall–Kier alpha value is -1.83. The van der Waals surface area contributed by atoms with Gasteiger partial charge in [-0.25, -0.2) is 0 Å². The summed E-state index contributed by atoms with van der Waals surface area (Å²) >= 11 is 0. The maximum atomic E-state index is 13.1. The van der Waals surface area contributed by atoms with Gasteiger partial charge in [-0.1, -0.05) is 12.5 Å². The van der Waals surface area contributed by atoms with Crippen LogP contribution in [0.2, 0.25) is 0 Å². The number of anilines is 1. The van der Waals surface area contributed by atoms with E-state index in [0.29, 0.717) is 40.8 Å². The molecular weight excluding hydrogens is 402 g/mol. The molecule has 7 nitrogen and oxygen atoms in total. The predicted molar refractivity (Wildman–Crippen MR) is 121 cm³/mol. The number of carbonyl (C=O) groups is 1. The number of hydrogen-bond acceptors (Lipinski definition) is 6. The second-order valence-corrected chi connectivity index (χ2v) is 8.94. The fourth-order valence-electron chi connectivity index (χ4n) is 5.36. The standard InChI is InChI=1S/C22H31N5O2.ClH/c1-14-13-23-9-10-27(14)22-25-20-18(7-4-8-19(20)29-22)21(28)24-15-11-16-5-3-6-17(12-15)26(16)2;/h4,7-8,14-17,23H,3,5-6,9-13H2,1-2H3,(H,24,28);1H/t14-,15?,16?,17?;/m0./s1. The summed E-state index contributed by atoms with van der Waals surface area (Å²) in [4.78, 5) is 22.6. The van der Waals surface area contributed by atoms with Crippen LogP contribution in [0.25, 0.3) is 11.1 Å². The molecule has 1 amide bonds. The molecule has 0 radical (unpaired) electrons. The average molecular weight is 434 g/mol. The topological polar surface area (TPSA) is 73.6 Å². The van der Waals surface area contributed by atoms with Crippen LogP contribution in [0.1, 0.15) is 49.4 Å². The van der Waals surface area contributed by atoms with E-state index in [2.05, 4.69) is 34.4 Å². The summed E-state index contributed by atoms with van der Waals surface area (Å²) < 4.78 is 6.03. The molecule has 2 aromatic rings. The van der Waals surface area contributed by atoms with Crippen molar-refractivity contribution in [2.45, 2.75) is 63.2 Å². The lowest BCUT2D eigenvalue weighted by Crippen LogP contribution is -2.55. The first-order chi connectivity index (χ1) is 14.1. The Balaban J connectivity index is 0.00000218. The summed E-state index contributed by atoms with van der Waals surface area (Å²) in [5, 5.41) is 6.69. The lowest BCUT2D eigenvalue weighted by atomic mass is 9.82. The van der Waals surface area contributed by atoms with Crippen LogP contribution in [0.5, 0.6) is 0 Å². The monoisotopic (exact) mass is 433 g/mol. The summed E-state index contributed by atoms with van der Waals surface area (Å²) in [7, 11) is 2.24. The quantitative estimate of drug-likeness (QED) is 0.775. The van der Waals surface area contributed by atoms with E-state index in [9.17, 15) is 4.79 Å². The number of hydrogen-bond donors (Lipinski definition) is 2. The van der Waals surface area contributed by atoms with E-state index in [4.69, 9.17) is 9.40 Å². The summed E-state index contributed by atoms with van der Waals surface area (Å²) in [6, 6.07) is 8.00. The molecule has 3 aliphatic heterocycles. The molecular formula is C22H32ClN5O2. The Morgan fingerprint density at radius 2 is 2.03 bits per heavy atom. The minimum Gasteiger partial charge on any atom is -0.423 e. The number of halogens is 1. The van der Waals surface area contributed by atoms with Gasteiger partial charge in [0.25, 0.3) is 11.9 Å². The number of oxazole rings is 1. The number of carbonyl (C=O) groups excluding carboxylic acids is 1. The fraction of sp³-hybridized carbons (Fsp3) is 0.636. The number of aromatic nitrogens is 1. The number of benzene rings is 1. The summed E-state index contributed by atoms with van der Waals surface area (Å²) in [6.07, 6.45) is 5.87. The van der Waals surface area contributed by atoms with Crippen molar-refractivity contribution in [2.75, 3.05) is 31.6 Å². The molecule has 4 heterocycles.